The number of nitriles is 1. The van der Waals surface area contributed by atoms with Gasteiger partial charge < -0.3 is 14.5 Å². The molecule has 2 saturated heterocycles. The van der Waals surface area contributed by atoms with Crippen molar-refractivity contribution in [3.63, 3.8) is 0 Å². The smallest absolute Gasteiger partial charge is 0.228 e. The van der Waals surface area contributed by atoms with Crippen molar-refractivity contribution in [2.75, 3.05) is 32.8 Å². The predicted molar refractivity (Wildman–Crippen MR) is 145 cm³/mol. The lowest BCUT2D eigenvalue weighted by atomic mass is 9.87. The average molecular weight is 556 g/mol. The summed E-state index contributed by atoms with van der Waals surface area (Å²) in [5.41, 5.74) is 1.38. The van der Waals surface area contributed by atoms with E-state index < -0.39 is 0 Å². The van der Waals surface area contributed by atoms with Crippen LogP contribution in [0.2, 0.25) is 10.0 Å². The summed E-state index contributed by atoms with van der Waals surface area (Å²) in [7, 11) is 0. The number of likely N-dealkylation sites (tertiary alicyclic amines) is 2. The molecule has 3 fully saturated rings. The van der Waals surface area contributed by atoms with Crippen LogP contribution >= 0.6 is 23.2 Å². The van der Waals surface area contributed by atoms with Crippen molar-refractivity contribution in [2.24, 2.45) is 17.3 Å². The number of amides is 2. The Morgan fingerprint density at radius 3 is 2.50 bits per heavy atom. The molecule has 2 amide bonds. The van der Waals surface area contributed by atoms with E-state index in [0.717, 1.165) is 24.8 Å². The van der Waals surface area contributed by atoms with Gasteiger partial charge in [0.15, 0.2) is 0 Å². The highest BCUT2D eigenvalue weighted by atomic mass is 35.5. The summed E-state index contributed by atoms with van der Waals surface area (Å²) in [5, 5.41) is 9.98. The predicted octanol–water partition coefficient (Wildman–Crippen LogP) is 5.31. The third kappa shape index (κ3) is 5.77. The molecular formula is C29H32Cl2N4O3. The minimum Gasteiger partial charge on any atom is -0.478 e. The maximum Gasteiger partial charge on any atom is 0.228 e. The zero-order valence-electron chi connectivity index (χ0n) is 21.5. The van der Waals surface area contributed by atoms with Crippen LogP contribution in [0, 0.1) is 28.6 Å². The van der Waals surface area contributed by atoms with Gasteiger partial charge in [-0.1, -0.05) is 36.2 Å². The molecule has 2 unspecified atom stereocenters. The first kappa shape index (κ1) is 26.8. The van der Waals surface area contributed by atoms with Crippen molar-refractivity contribution in [3.8, 4) is 11.9 Å². The number of hydrogen-bond acceptors (Lipinski definition) is 5. The van der Waals surface area contributed by atoms with Gasteiger partial charge in [-0.2, -0.15) is 5.26 Å². The molecule has 38 heavy (non-hydrogen) atoms. The highest BCUT2D eigenvalue weighted by Gasteiger charge is 2.48. The molecular weight excluding hydrogens is 523 g/mol. The van der Waals surface area contributed by atoms with Gasteiger partial charge in [0.2, 0.25) is 17.7 Å². The fourth-order valence-electron chi connectivity index (χ4n) is 5.68. The molecule has 200 valence electrons. The topological polar surface area (TPSA) is 86.5 Å². The SMILES string of the molecule is CC1(C(=O)N2CCC(C(=O)N3CC(CCOc4ccc(C#N)cn4)C(c4ccc(Cl)c(Cl)c4)C3)CC2)CC1. The van der Waals surface area contributed by atoms with Crippen LogP contribution in [0.4, 0.5) is 0 Å². The van der Waals surface area contributed by atoms with Gasteiger partial charge in [-0.3, -0.25) is 9.59 Å². The summed E-state index contributed by atoms with van der Waals surface area (Å²) >= 11 is 12.5. The molecule has 1 aliphatic carbocycles. The number of ether oxygens (including phenoxy) is 1. The molecule has 0 bridgehead atoms. The molecule has 1 aromatic heterocycles. The second-order valence-electron chi connectivity index (χ2n) is 11.0. The number of benzene rings is 1. The van der Waals surface area contributed by atoms with Crippen molar-refractivity contribution < 1.29 is 14.3 Å². The quantitative estimate of drug-likeness (QED) is 0.462. The number of piperidine rings is 1. The van der Waals surface area contributed by atoms with E-state index >= 15 is 0 Å². The van der Waals surface area contributed by atoms with Gasteiger partial charge in [0.25, 0.3) is 0 Å². The van der Waals surface area contributed by atoms with Crippen LogP contribution in [-0.2, 0) is 9.59 Å². The number of aromatic nitrogens is 1. The number of rotatable bonds is 7. The summed E-state index contributed by atoms with van der Waals surface area (Å²) < 4.78 is 5.86. The first-order chi connectivity index (χ1) is 18.3. The van der Waals surface area contributed by atoms with Crippen LogP contribution in [0.15, 0.2) is 36.5 Å². The molecule has 2 atom stereocenters. The summed E-state index contributed by atoms with van der Waals surface area (Å²) in [6.45, 7) is 5.07. The van der Waals surface area contributed by atoms with Crippen LogP contribution in [0.5, 0.6) is 5.88 Å². The maximum atomic E-state index is 13.6. The summed E-state index contributed by atoms with van der Waals surface area (Å²) in [5.74, 6) is 1.15. The number of carbonyl (C=O) groups is 2. The standard InChI is InChI=1S/C29H32Cl2N4O3/c1-29(9-10-29)28(37)34-11-6-20(7-12-34)27(36)35-17-22(8-13-38-26-5-2-19(15-32)16-33-26)23(18-35)21-3-4-24(30)25(31)14-21/h2-5,14,16,20,22-23H,6-13,17-18H2,1H3. The number of nitrogens with zero attached hydrogens (tertiary/aromatic N) is 4. The van der Waals surface area contributed by atoms with E-state index in [0.29, 0.717) is 67.1 Å². The summed E-state index contributed by atoms with van der Waals surface area (Å²) in [6, 6.07) is 11.1. The second kappa shape index (κ2) is 11.1. The zero-order valence-corrected chi connectivity index (χ0v) is 23.0. The molecule has 1 aromatic carbocycles. The van der Waals surface area contributed by atoms with E-state index in [1.165, 1.54) is 6.20 Å². The normalized spacial score (nSPS) is 22.7. The Hall–Kier alpha value is -2.82. The monoisotopic (exact) mass is 554 g/mol. The van der Waals surface area contributed by atoms with Crippen molar-refractivity contribution in [1.82, 2.24) is 14.8 Å². The van der Waals surface area contributed by atoms with Crippen LogP contribution in [0.3, 0.4) is 0 Å². The maximum absolute atomic E-state index is 13.6. The number of hydrogen-bond donors (Lipinski definition) is 0. The van der Waals surface area contributed by atoms with Crippen molar-refractivity contribution >= 4 is 35.0 Å². The first-order valence-corrected chi connectivity index (χ1v) is 14.0. The molecule has 9 heteroatoms. The lowest BCUT2D eigenvalue weighted by Gasteiger charge is -2.34. The van der Waals surface area contributed by atoms with E-state index in [4.69, 9.17) is 33.2 Å². The molecule has 0 N–H and O–H groups in total. The van der Waals surface area contributed by atoms with Crippen molar-refractivity contribution in [3.05, 3.63) is 57.7 Å². The fraction of sp³-hybridized carbons (Fsp3) is 0.517. The minimum atomic E-state index is -0.165. The molecule has 5 rings (SSSR count). The highest BCUT2D eigenvalue weighted by Crippen LogP contribution is 2.47. The number of pyridine rings is 1. The molecule has 0 radical (unpaired) electrons. The van der Waals surface area contributed by atoms with E-state index in [1.807, 2.05) is 34.9 Å². The van der Waals surface area contributed by atoms with Crippen molar-refractivity contribution in [1.29, 1.82) is 5.26 Å². The molecule has 3 aliphatic rings. The van der Waals surface area contributed by atoms with Gasteiger partial charge in [-0.05, 0) is 61.8 Å². The molecule has 3 heterocycles. The van der Waals surface area contributed by atoms with Gasteiger partial charge in [0, 0.05) is 55.7 Å². The highest BCUT2D eigenvalue weighted by molar-refractivity contribution is 6.42. The largest absolute Gasteiger partial charge is 0.478 e. The van der Waals surface area contributed by atoms with Gasteiger partial charge in [0.05, 0.1) is 22.2 Å². The average Bonchev–Trinajstić information content (AvgIpc) is 3.55. The molecule has 2 aliphatic heterocycles. The number of halogens is 2. The van der Waals surface area contributed by atoms with Gasteiger partial charge in [-0.25, -0.2) is 4.98 Å². The van der Waals surface area contributed by atoms with Crippen LogP contribution in [0.25, 0.3) is 0 Å². The second-order valence-corrected chi connectivity index (χ2v) is 11.9. The van der Waals surface area contributed by atoms with E-state index in [-0.39, 0.29) is 35.0 Å². The zero-order chi connectivity index (χ0) is 26.9. The lowest BCUT2D eigenvalue weighted by molar-refractivity contribution is -0.142. The molecule has 7 nitrogen and oxygen atoms in total. The third-order valence-electron chi connectivity index (χ3n) is 8.38. The summed E-state index contributed by atoms with van der Waals surface area (Å²) in [6.07, 6.45) is 5.61. The molecule has 0 spiro atoms. The molecule has 1 saturated carbocycles. The Balaban J connectivity index is 1.23. The Labute approximate surface area is 233 Å². The number of carbonyl (C=O) groups excluding carboxylic acids is 2. The van der Waals surface area contributed by atoms with Gasteiger partial charge >= 0.3 is 0 Å². The fourth-order valence-corrected chi connectivity index (χ4v) is 5.99. The van der Waals surface area contributed by atoms with E-state index in [1.54, 1.807) is 12.1 Å². The van der Waals surface area contributed by atoms with E-state index in [2.05, 4.69) is 11.1 Å². The van der Waals surface area contributed by atoms with E-state index in [9.17, 15) is 9.59 Å². The Kier molecular flexibility index (Phi) is 7.83. The third-order valence-corrected chi connectivity index (χ3v) is 9.12. The summed E-state index contributed by atoms with van der Waals surface area (Å²) in [4.78, 5) is 34.4. The Morgan fingerprint density at radius 2 is 1.87 bits per heavy atom. The lowest BCUT2D eigenvalue weighted by Crippen LogP contribution is -2.45. The van der Waals surface area contributed by atoms with Crippen LogP contribution < -0.4 is 4.74 Å². The van der Waals surface area contributed by atoms with Crippen molar-refractivity contribution in [2.45, 2.75) is 44.9 Å². The Morgan fingerprint density at radius 1 is 1.11 bits per heavy atom. The van der Waals surface area contributed by atoms with Gasteiger partial charge in [0.1, 0.15) is 6.07 Å². The minimum absolute atomic E-state index is 0.0571. The Bertz CT molecular complexity index is 1230. The first-order valence-electron chi connectivity index (χ1n) is 13.3. The van der Waals surface area contributed by atoms with Crippen LogP contribution in [0.1, 0.15) is 56.1 Å². The molecule has 2 aromatic rings. The van der Waals surface area contributed by atoms with Crippen LogP contribution in [-0.4, -0.2) is 59.4 Å². The van der Waals surface area contributed by atoms with Gasteiger partial charge in [-0.15, -0.1) is 0 Å².